The molecular weight excluding hydrogens is 358 g/mol. The van der Waals surface area contributed by atoms with Crippen molar-refractivity contribution in [1.29, 1.82) is 0 Å². The Hall–Kier alpha value is -2.41. The third-order valence-electron chi connectivity index (χ3n) is 3.99. The summed E-state index contributed by atoms with van der Waals surface area (Å²) in [5.74, 6) is -1.13. The Morgan fingerprint density at radius 1 is 0.846 bits per heavy atom. The lowest BCUT2D eigenvalue weighted by Crippen LogP contribution is -2.36. The Kier molecular flexibility index (Phi) is 6.74. The maximum Gasteiger partial charge on any atom is 0.359 e. The van der Waals surface area contributed by atoms with Crippen LogP contribution in [0.4, 0.5) is 0 Å². The van der Waals surface area contributed by atoms with Gasteiger partial charge in [0.15, 0.2) is 0 Å². The van der Waals surface area contributed by atoms with Crippen LogP contribution >= 0.6 is 11.6 Å². The number of hydrogen-bond donors (Lipinski definition) is 0. The number of rotatable bonds is 7. The van der Waals surface area contributed by atoms with Gasteiger partial charge >= 0.3 is 11.4 Å². The second kappa shape index (κ2) is 8.80. The minimum absolute atomic E-state index is 0.0849. The summed E-state index contributed by atoms with van der Waals surface area (Å²) in [6, 6.07) is 6.05. The van der Waals surface area contributed by atoms with Crippen LogP contribution in [0, 0.1) is 0 Å². The number of aromatic nitrogens is 3. The second-order valence-corrected chi connectivity index (χ2v) is 6.43. The number of hydrogen-bond acceptors (Lipinski definition) is 4. The van der Waals surface area contributed by atoms with Gasteiger partial charge in [-0.15, -0.1) is 0 Å². The highest BCUT2D eigenvalue weighted by Gasteiger charge is 2.25. The second-order valence-electron chi connectivity index (χ2n) is 6.00. The van der Waals surface area contributed by atoms with Crippen molar-refractivity contribution in [3.8, 4) is 5.69 Å². The zero-order valence-corrected chi connectivity index (χ0v) is 15.7. The zero-order chi connectivity index (χ0) is 19.3. The molecule has 0 N–H and O–H groups in total. The Balaban J connectivity index is 2.64. The smallest absolute Gasteiger partial charge is 0.272 e. The van der Waals surface area contributed by atoms with Gasteiger partial charge in [0, 0.05) is 17.9 Å². The van der Waals surface area contributed by atoms with Crippen molar-refractivity contribution in [3.63, 3.8) is 0 Å². The van der Waals surface area contributed by atoms with E-state index in [1.807, 2.05) is 13.8 Å². The molecule has 1 heterocycles. The summed E-state index contributed by atoms with van der Waals surface area (Å²) in [5, 5.41) is 0.444. The molecule has 0 spiro atoms. The predicted octanol–water partition coefficient (Wildman–Crippen LogP) is 3.11. The molecule has 0 amide bonds. The van der Waals surface area contributed by atoms with Crippen LogP contribution in [0.5, 0.6) is 0 Å². The van der Waals surface area contributed by atoms with Gasteiger partial charge in [0.2, 0.25) is 11.8 Å². The lowest BCUT2D eigenvalue weighted by molar-refractivity contribution is 0.0772. The summed E-state index contributed by atoms with van der Waals surface area (Å²) in [4.78, 5) is 50.5. The van der Waals surface area contributed by atoms with Crippen LogP contribution in [0.2, 0.25) is 5.02 Å². The quantitative estimate of drug-likeness (QED) is 0.739. The van der Waals surface area contributed by atoms with Crippen molar-refractivity contribution in [2.24, 2.45) is 0 Å². The molecule has 2 aromatic rings. The molecule has 0 aliphatic heterocycles. The first-order valence-corrected chi connectivity index (χ1v) is 9.09. The third-order valence-corrected chi connectivity index (χ3v) is 4.24. The zero-order valence-electron chi connectivity index (χ0n) is 14.9. The molecule has 8 heteroatoms. The highest BCUT2D eigenvalue weighted by Crippen LogP contribution is 2.11. The summed E-state index contributed by atoms with van der Waals surface area (Å²) in [5.41, 5.74) is -1.44. The van der Waals surface area contributed by atoms with E-state index in [1.54, 1.807) is 0 Å². The van der Waals surface area contributed by atoms with E-state index >= 15 is 0 Å². The maximum atomic E-state index is 12.8. The number of benzene rings is 1. The highest BCUT2D eigenvalue weighted by molar-refractivity contribution is 6.30. The Labute approximate surface area is 155 Å². The van der Waals surface area contributed by atoms with Gasteiger partial charge in [-0.2, -0.15) is 9.36 Å². The van der Waals surface area contributed by atoms with Crippen molar-refractivity contribution in [3.05, 3.63) is 50.3 Å². The molecule has 140 valence electrons. The van der Waals surface area contributed by atoms with Crippen LogP contribution in [0.3, 0.4) is 0 Å². The van der Waals surface area contributed by atoms with E-state index in [2.05, 4.69) is 0 Å². The molecule has 0 atom stereocenters. The SMILES string of the molecule is CCCCC(=O)n1c(=O)n(-c2ccc(Cl)cc2)c(=O)n1C(=O)CCCC. The molecule has 0 saturated carbocycles. The van der Waals surface area contributed by atoms with Gasteiger partial charge in [-0.05, 0) is 37.1 Å². The van der Waals surface area contributed by atoms with E-state index in [0.29, 0.717) is 27.2 Å². The van der Waals surface area contributed by atoms with Crippen LogP contribution < -0.4 is 11.4 Å². The van der Waals surface area contributed by atoms with Crippen molar-refractivity contribution < 1.29 is 9.59 Å². The van der Waals surface area contributed by atoms with Crippen molar-refractivity contribution >= 4 is 23.4 Å². The molecule has 0 unspecified atom stereocenters. The first kappa shape index (κ1) is 19.9. The molecule has 0 fully saturated rings. The van der Waals surface area contributed by atoms with E-state index in [9.17, 15) is 19.2 Å². The summed E-state index contributed by atoms with van der Waals surface area (Å²) < 4.78 is 2.17. The molecular formula is C18H22ClN3O4. The molecule has 7 nitrogen and oxygen atoms in total. The number of unbranched alkanes of at least 4 members (excludes halogenated alkanes) is 2. The summed E-state index contributed by atoms with van der Waals surface area (Å²) >= 11 is 5.85. The molecule has 1 aromatic carbocycles. The fourth-order valence-electron chi connectivity index (χ4n) is 2.56. The molecule has 26 heavy (non-hydrogen) atoms. The topological polar surface area (TPSA) is 83.1 Å². The van der Waals surface area contributed by atoms with E-state index in [4.69, 9.17) is 11.6 Å². The highest BCUT2D eigenvalue weighted by atomic mass is 35.5. The summed E-state index contributed by atoms with van der Waals surface area (Å²) in [6.07, 6.45) is 2.81. The van der Waals surface area contributed by atoms with E-state index in [0.717, 1.165) is 17.4 Å². The molecule has 0 aliphatic rings. The van der Waals surface area contributed by atoms with E-state index in [1.165, 1.54) is 24.3 Å². The summed E-state index contributed by atoms with van der Waals surface area (Å²) in [6.45, 7) is 3.82. The molecule has 0 radical (unpaired) electrons. The van der Waals surface area contributed by atoms with Gasteiger partial charge in [0.05, 0.1) is 5.69 Å². The number of carbonyl (C=O) groups is 2. The fraction of sp³-hybridized carbons (Fsp3) is 0.444. The minimum atomic E-state index is -0.844. The van der Waals surface area contributed by atoms with Crippen molar-refractivity contribution in [1.82, 2.24) is 13.9 Å². The van der Waals surface area contributed by atoms with Crippen molar-refractivity contribution in [2.75, 3.05) is 0 Å². The Bertz CT molecular complexity index is 854. The average molecular weight is 380 g/mol. The normalized spacial score (nSPS) is 10.9. The van der Waals surface area contributed by atoms with Gasteiger partial charge in [-0.25, -0.2) is 14.2 Å². The van der Waals surface area contributed by atoms with Crippen molar-refractivity contribution in [2.45, 2.75) is 52.4 Å². The number of nitrogens with zero attached hydrogens (tertiary/aromatic N) is 3. The molecule has 0 bridgehead atoms. The lowest BCUT2D eigenvalue weighted by atomic mass is 10.2. The Morgan fingerprint density at radius 3 is 1.65 bits per heavy atom. The van der Waals surface area contributed by atoms with Crippen LogP contribution in [0.15, 0.2) is 33.9 Å². The third kappa shape index (κ3) is 4.04. The van der Waals surface area contributed by atoms with E-state index < -0.39 is 23.2 Å². The van der Waals surface area contributed by atoms with Gasteiger partial charge in [0.1, 0.15) is 0 Å². The van der Waals surface area contributed by atoms with Gasteiger partial charge in [0.25, 0.3) is 0 Å². The van der Waals surface area contributed by atoms with Gasteiger partial charge < -0.3 is 0 Å². The standard InChI is InChI=1S/C18H22ClN3O4/c1-3-5-7-15(23)21-17(25)20(14-11-9-13(19)10-12-14)18(26)22(21)16(24)8-6-4-2/h9-12H,3-8H2,1-2H3. The first-order chi connectivity index (χ1) is 12.4. The minimum Gasteiger partial charge on any atom is -0.272 e. The van der Waals surface area contributed by atoms with E-state index in [-0.39, 0.29) is 18.5 Å². The molecule has 0 saturated heterocycles. The summed E-state index contributed by atoms with van der Waals surface area (Å²) in [7, 11) is 0. The lowest BCUT2D eigenvalue weighted by Gasteiger charge is -2.06. The van der Waals surface area contributed by atoms with Crippen LogP contribution in [-0.4, -0.2) is 25.7 Å². The molecule has 0 aliphatic carbocycles. The monoisotopic (exact) mass is 379 g/mol. The Morgan fingerprint density at radius 2 is 1.27 bits per heavy atom. The van der Waals surface area contributed by atoms with Crippen LogP contribution in [-0.2, 0) is 0 Å². The molecule has 1 aromatic heterocycles. The first-order valence-electron chi connectivity index (χ1n) is 8.71. The average Bonchev–Trinajstić information content (AvgIpc) is 2.89. The predicted molar refractivity (Wildman–Crippen MR) is 99.6 cm³/mol. The number of halogens is 1. The fourth-order valence-corrected chi connectivity index (χ4v) is 2.68. The van der Waals surface area contributed by atoms with Crippen LogP contribution in [0.1, 0.15) is 62.0 Å². The number of carbonyl (C=O) groups excluding carboxylic acids is 2. The maximum absolute atomic E-state index is 12.8. The van der Waals surface area contributed by atoms with Crippen LogP contribution in [0.25, 0.3) is 5.69 Å². The van der Waals surface area contributed by atoms with Gasteiger partial charge in [-0.3, -0.25) is 9.59 Å². The molecule has 2 rings (SSSR count). The van der Waals surface area contributed by atoms with Gasteiger partial charge in [-0.1, -0.05) is 38.3 Å². The largest absolute Gasteiger partial charge is 0.359 e.